The van der Waals surface area contributed by atoms with Crippen LogP contribution in [-0.4, -0.2) is 38.6 Å². The predicted octanol–water partition coefficient (Wildman–Crippen LogP) is 3.11. The lowest BCUT2D eigenvalue weighted by Crippen LogP contribution is -2.49. The van der Waals surface area contributed by atoms with Crippen molar-refractivity contribution < 1.29 is 24.9 Å². The molecule has 0 amide bonds. The molecule has 142 valence electrons. The molecule has 0 spiro atoms. The Kier molecular flexibility index (Phi) is 7.15. The maximum absolute atomic E-state index is 12.8. The van der Waals surface area contributed by atoms with Gasteiger partial charge in [-0.2, -0.15) is 0 Å². The summed E-state index contributed by atoms with van der Waals surface area (Å²) in [4.78, 5) is 25.2. The van der Waals surface area contributed by atoms with E-state index in [2.05, 4.69) is 0 Å². The Bertz CT molecular complexity index is 581. The van der Waals surface area contributed by atoms with E-state index in [0.717, 1.165) is 5.57 Å². The molecule has 0 radical (unpaired) electrons. The molecule has 0 heterocycles. The number of Topliss-reactive ketones (excluding diaryl/α,β-unsaturated/α-hetero) is 2. The zero-order chi connectivity index (χ0) is 19.5. The zero-order valence-electron chi connectivity index (χ0n) is 16.2. The molecule has 0 saturated carbocycles. The van der Waals surface area contributed by atoms with Crippen molar-refractivity contribution in [3.63, 3.8) is 0 Å². The first-order chi connectivity index (χ1) is 11.4. The van der Waals surface area contributed by atoms with E-state index in [4.69, 9.17) is 0 Å². The molecule has 0 saturated heterocycles. The highest BCUT2D eigenvalue weighted by Crippen LogP contribution is 2.43. The minimum absolute atomic E-state index is 0.162. The van der Waals surface area contributed by atoms with Crippen molar-refractivity contribution in [2.75, 3.05) is 0 Å². The Morgan fingerprint density at radius 2 is 1.76 bits per heavy atom. The number of aliphatic hydroxyl groups is 3. The van der Waals surface area contributed by atoms with E-state index in [0.29, 0.717) is 12.3 Å². The minimum atomic E-state index is -2.11. The first-order valence-electron chi connectivity index (χ1n) is 9.00. The summed E-state index contributed by atoms with van der Waals surface area (Å²) in [5, 5.41) is 32.3. The van der Waals surface area contributed by atoms with E-state index >= 15 is 0 Å². The summed E-state index contributed by atoms with van der Waals surface area (Å²) < 4.78 is 0. The number of allylic oxidation sites excluding steroid dienone is 3. The van der Waals surface area contributed by atoms with Crippen LogP contribution in [0.1, 0.15) is 60.8 Å². The number of hydrogen-bond acceptors (Lipinski definition) is 5. The first-order valence-corrected chi connectivity index (χ1v) is 9.00. The molecule has 3 atom stereocenters. The number of hydrogen-bond donors (Lipinski definition) is 3. The van der Waals surface area contributed by atoms with Crippen LogP contribution in [0.4, 0.5) is 0 Å². The summed E-state index contributed by atoms with van der Waals surface area (Å²) in [6, 6.07) is 0. The molecule has 0 bridgehead atoms. The highest BCUT2D eigenvalue weighted by atomic mass is 16.4. The summed E-state index contributed by atoms with van der Waals surface area (Å²) in [5.74, 6) is -2.99. The van der Waals surface area contributed by atoms with E-state index in [9.17, 15) is 24.9 Å². The molecule has 1 rings (SSSR count). The van der Waals surface area contributed by atoms with Crippen LogP contribution in [0.25, 0.3) is 0 Å². The number of aliphatic hydroxyl groups excluding tert-OH is 2. The fourth-order valence-electron chi connectivity index (χ4n) is 3.12. The first kappa shape index (κ1) is 21.6. The number of rotatable bonds is 8. The third kappa shape index (κ3) is 4.39. The van der Waals surface area contributed by atoms with Crippen LogP contribution in [0.5, 0.6) is 0 Å². The van der Waals surface area contributed by atoms with Crippen LogP contribution in [0.3, 0.4) is 0 Å². The van der Waals surface area contributed by atoms with Gasteiger partial charge in [-0.05, 0) is 39.0 Å². The minimum Gasteiger partial charge on any atom is -0.508 e. The van der Waals surface area contributed by atoms with E-state index in [1.54, 1.807) is 19.9 Å². The van der Waals surface area contributed by atoms with Crippen molar-refractivity contribution in [2.24, 2.45) is 17.8 Å². The van der Waals surface area contributed by atoms with E-state index in [-0.39, 0.29) is 18.4 Å². The molecule has 1 aliphatic rings. The Labute approximate surface area is 150 Å². The van der Waals surface area contributed by atoms with Crippen LogP contribution in [0.15, 0.2) is 23.0 Å². The summed E-state index contributed by atoms with van der Waals surface area (Å²) in [5.41, 5.74) is -1.51. The Morgan fingerprint density at radius 1 is 1.20 bits per heavy atom. The fourth-order valence-corrected chi connectivity index (χ4v) is 3.12. The molecule has 25 heavy (non-hydrogen) atoms. The average Bonchev–Trinajstić information content (AvgIpc) is 2.69. The molecule has 5 nitrogen and oxygen atoms in total. The van der Waals surface area contributed by atoms with Crippen molar-refractivity contribution >= 4 is 11.6 Å². The van der Waals surface area contributed by atoms with Gasteiger partial charge in [0.1, 0.15) is 11.3 Å². The van der Waals surface area contributed by atoms with Crippen molar-refractivity contribution in [3.05, 3.63) is 23.0 Å². The van der Waals surface area contributed by atoms with Crippen LogP contribution < -0.4 is 0 Å². The lowest BCUT2D eigenvalue weighted by molar-refractivity contribution is -0.136. The second-order valence-corrected chi connectivity index (χ2v) is 7.99. The maximum Gasteiger partial charge on any atom is 0.176 e. The van der Waals surface area contributed by atoms with Gasteiger partial charge in [-0.25, -0.2) is 0 Å². The van der Waals surface area contributed by atoms with Crippen molar-refractivity contribution in [3.8, 4) is 0 Å². The molecule has 0 fully saturated rings. The van der Waals surface area contributed by atoms with Gasteiger partial charge >= 0.3 is 0 Å². The van der Waals surface area contributed by atoms with Gasteiger partial charge in [0.15, 0.2) is 17.2 Å². The normalized spacial score (nSPS) is 25.0. The van der Waals surface area contributed by atoms with E-state index in [1.165, 1.54) is 0 Å². The Hall–Kier alpha value is -1.46. The second-order valence-electron chi connectivity index (χ2n) is 7.99. The molecule has 0 aromatic rings. The van der Waals surface area contributed by atoms with Gasteiger partial charge in [0, 0.05) is 5.92 Å². The topological polar surface area (TPSA) is 94.8 Å². The van der Waals surface area contributed by atoms with Gasteiger partial charge in [-0.15, -0.1) is 0 Å². The molecule has 0 aromatic heterocycles. The van der Waals surface area contributed by atoms with Crippen LogP contribution in [0, 0.1) is 17.8 Å². The summed E-state index contributed by atoms with van der Waals surface area (Å²) in [6.45, 7) is 11.0. The number of carbonyl (C=O) groups excluding carboxylic acids is 2. The molecule has 2 unspecified atom stereocenters. The predicted molar refractivity (Wildman–Crippen MR) is 97.1 cm³/mol. The highest BCUT2D eigenvalue weighted by molar-refractivity contribution is 6.24. The van der Waals surface area contributed by atoms with Crippen molar-refractivity contribution in [1.82, 2.24) is 0 Å². The van der Waals surface area contributed by atoms with Gasteiger partial charge in [0.05, 0.1) is 12.0 Å². The molecular formula is C20H32O5. The lowest BCUT2D eigenvalue weighted by atomic mass is 9.79. The van der Waals surface area contributed by atoms with Crippen LogP contribution in [0.2, 0.25) is 0 Å². The third-order valence-corrected chi connectivity index (χ3v) is 4.77. The Balaban J connectivity index is 3.34. The SMILES string of the molecule is CC(C)=CC[C@@H]1C(=O)C(C(=O)C(C)C)=C(O)C1(O)C(O)CCC(C)C. The highest BCUT2D eigenvalue weighted by Gasteiger charge is 2.58. The second kappa shape index (κ2) is 8.28. The molecule has 0 aromatic carbocycles. The summed E-state index contributed by atoms with van der Waals surface area (Å²) in [7, 11) is 0. The third-order valence-electron chi connectivity index (χ3n) is 4.77. The molecular weight excluding hydrogens is 320 g/mol. The van der Waals surface area contributed by atoms with Crippen LogP contribution >= 0.6 is 0 Å². The zero-order valence-corrected chi connectivity index (χ0v) is 16.2. The van der Waals surface area contributed by atoms with Gasteiger partial charge < -0.3 is 15.3 Å². The summed E-state index contributed by atoms with van der Waals surface area (Å²) in [6.07, 6.45) is 1.49. The van der Waals surface area contributed by atoms with Crippen molar-refractivity contribution in [1.29, 1.82) is 0 Å². The number of ketones is 2. The van der Waals surface area contributed by atoms with Gasteiger partial charge in [0.2, 0.25) is 0 Å². The van der Waals surface area contributed by atoms with Crippen molar-refractivity contribution in [2.45, 2.75) is 72.5 Å². The largest absolute Gasteiger partial charge is 0.508 e. The van der Waals surface area contributed by atoms with Gasteiger partial charge in [-0.3, -0.25) is 9.59 Å². The lowest BCUT2D eigenvalue weighted by Gasteiger charge is -2.34. The van der Waals surface area contributed by atoms with E-state index < -0.39 is 40.9 Å². The Morgan fingerprint density at radius 3 is 2.20 bits per heavy atom. The fraction of sp³-hybridized carbons (Fsp3) is 0.700. The number of carbonyl (C=O) groups is 2. The standard InChI is InChI=1S/C20H32O5/c1-11(2)7-9-14-18(23)16(17(22)13(5)6)19(24)20(14,25)15(21)10-8-12(3)4/h7,12-15,21,24-25H,8-10H2,1-6H3/t14-,15?,20?/m1/s1. The maximum atomic E-state index is 12.8. The molecule has 3 N–H and O–H groups in total. The van der Waals surface area contributed by atoms with Gasteiger partial charge in [-0.1, -0.05) is 39.3 Å². The van der Waals surface area contributed by atoms with Gasteiger partial charge in [0.25, 0.3) is 0 Å². The smallest absolute Gasteiger partial charge is 0.176 e. The molecule has 5 heteroatoms. The quantitative estimate of drug-likeness (QED) is 0.461. The monoisotopic (exact) mass is 352 g/mol. The molecule has 0 aliphatic heterocycles. The van der Waals surface area contributed by atoms with E-state index in [1.807, 2.05) is 27.7 Å². The average molecular weight is 352 g/mol. The molecule has 1 aliphatic carbocycles. The summed E-state index contributed by atoms with van der Waals surface area (Å²) >= 11 is 0. The van der Waals surface area contributed by atoms with Crippen LogP contribution in [-0.2, 0) is 9.59 Å².